The summed E-state index contributed by atoms with van der Waals surface area (Å²) in [5, 5.41) is 0. The molecule has 0 N–H and O–H groups in total. The van der Waals surface area contributed by atoms with Crippen molar-refractivity contribution in [3.05, 3.63) is 119 Å². The van der Waals surface area contributed by atoms with Crippen LogP contribution in [-0.2, 0) is 20.3 Å². The van der Waals surface area contributed by atoms with Gasteiger partial charge in [0.1, 0.15) is 48.4 Å². The molecule has 2 aliphatic heterocycles. The lowest BCUT2D eigenvalue weighted by atomic mass is 9.78. The predicted octanol–water partition coefficient (Wildman–Crippen LogP) is 7.47. The van der Waals surface area contributed by atoms with Crippen LogP contribution in [0.5, 0.6) is 23.0 Å². The van der Waals surface area contributed by atoms with Gasteiger partial charge in [0.15, 0.2) is 0 Å². The Hall–Kier alpha value is -3.78. The maximum atomic E-state index is 6.21. The summed E-state index contributed by atoms with van der Waals surface area (Å²) in [5.41, 5.74) is 4.55. The van der Waals surface area contributed by atoms with Crippen LogP contribution in [-0.4, -0.2) is 47.9 Å². The molecule has 6 rings (SSSR count). The fraction of sp³-hybridized carbons (Fsp3) is 0.351. The Labute approximate surface area is 262 Å². The van der Waals surface area contributed by atoms with Crippen molar-refractivity contribution in [2.24, 2.45) is 0 Å². The SMILES string of the molecule is C[Si](Oc1ccc(C(C)(C)c2ccc(OCC3CO3)cc2)cc1)Oc1ccc(C(C)(C)c2ccc(OCC3CO3)cc2)cc1. The molecule has 4 aromatic carbocycles. The van der Waals surface area contributed by atoms with Gasteiger partial charge in [-0.25, -0.2) is 0 Å². The van der Waals surface area contributed by atoms with Gasteiger partial charge < -0.3 is 27.8 Å². The standard InChI is InChI=1S/C37H41O6Si/c1-36(2,26-6-14-30(15-7-26)38-22-34-24-40-34)28-10-18-32(19-11-28)42-44(5)43-33-20-12-29(13-21-33)37(3,4)27-8-16-31(17-9-27)39-23-35-25-41-35/h6-21,34-35H,22-25H2,1-5H3. The monoisotopic (exact) mass is 609 g/mol. The van der Waals surface area contributed by atoms with Crippen LogP contribution in [0.1, 0.15) is 49.9 Å². The summed E-state index contributed by atoms with van der Waals surface area (Å²) in [6, 6.07) is 33.4. The fourth-order valence-corrected chi connectivity index (χ4v) is 6.19. The van der Waals surface area contributed by atoms with Crippen LogP contribution < -0.4 is 18.3 Å². The van der Waals surface area contributed by atoms with Gasteiger partial charge in [-0.05, 0) is 70.8 Å². The summed E-state index contributed by atoms with van der Waals surface area (Å²) in [4.78, 5) is 0. The molecule has 2 heterocycles. The molecule has 2 aliphatic rings. The average molecular weight is 610 g/mol. The lowest BCUT2D eigenvalue weighted by Crippen LogP contribution is -2.26. The summed E-state index contributed by atoms with van der Waals surface area (Å²) in [7, 11) is -1.56. The first-order chi connectivity index (χ1) is 21.2. The second-order valence-corrected chi connectivity index (χ2v) is 14.0. The molecule has 0 bridgehead atoms. The topological polar surface area (TPSA) is 62.0 Å². The first kappa shape index (κ1) is 30.3. The van der Waals surface area contributed by atoms with Gasteiger partial charge in [-0.15, -0.1) is 0 Å². The van der Waals surface area contributed by atoms with Crippen molar-refractivity contribution in [2.45, 2.75) is 57.3 Å². The van der Waals surface area contributed by atoms with Crippen LogP contribution in [0.15, 0.2) is 97.1 Å². The summed E-state index contributed by atoms with van der Waals surface area (Å²) >= 11 is 0. The van der Waals surface area contributed by atoms with Gasteiger partial charge in [0, 0.05) is 17.4 Å². The second-order valence-electron chi connectivity index (χ2n) is 12.6. The van der Waals surface area contributed by atoms with E-state index in [0.717, 1.165) is 36.2 Å². The van der Waals surface area contributed by atoms with Gasteiger partial charge in [-0.1, -0.05) is 76.2 Å². The Morgan fingerprint density at radius 3 is 1.07 bits per heavy atom. The van der Waals surface area contributed by atoms with Gasteiger partial charge in [-0.2, -0.15) is 0 Å². The molecule has 6 nitrogen and oxygen atoms in total. The summed E-state index contributed by atoms with van der Waals surface area (Å²) in [6.45, 7) is 13.8. The minimum absolute atomic E-state index is 0.163. The largest absolute Gasteiger partial charge is 0.528 e. The van der Waals surface area contributed by atoms with E-state index in [4.69, 9.17) is 27.8 Å². The Morgan fingerprint density at radius 1 is 0.523 bits per heavy atom. The lowest BCUT2D eigenvalue weighted by molar-refractivity contribution is 0.263. The Morgan fingerprint density at radius 2 is 0.795 bits per heavy atom. The molecule has 0 aliphatic carbocycles. The number of rotatable bonds is 14. The summed E-state index contributed by atoms with van der Waals surface area (Å²) in [6.07, 6.45) is 0.506. The van der Waals surface area contributed by atoms with Crippen molar-refractivity contribution >= 4 is 9.28 Å². The molecule has 0 saturated carbocycles. The van der Waals surface area contributed by atoms with Crippen molar-refractivity contribution < 1.29 is 27.8 Å². The molecule has 0 amide bonds. The van der Waals surface area contributed by atoms with Crippen molar-refractivity contribution in [3.8, 4) is 23.0 Å². The highest BCUT2D eigenvalue weighted by Crippen LogP contribution is 2.35. The first-order valence-corrected chi connectivity index (χ1v) is 17.1. The van der Waals surface area contributed by atoms with E-state index in [2.05, 4.69) is 76.2 Å². The van der Waals surface area contributed by atoms with E-state index >= 15 is 0 Å². The summed E-state index contributed by atoms with van der Waals surface area (Å²) in [5.74, 6) is 3.36. The number of ether oxygens (including phenoxy) is 4. The van der Waals surface area contributed by atoms with E-state index in [1.54, 1.807) is 0 Å². The van der Waals surface area contributed by atoms with E-state index in [0.29, 0.717) is 13.2 Å². The Kier molecular flexibility index (Phi) is 8.72. The zero-order chi connectivity index (χ0) is 30.7. The van der Waals surface area contributed by atoms with Gasteiger partial charge in [0.05, 0.1) is 13.2 Å². The van der Waals surface area contributed by atoms with Crippen molar-refractivity contribution in [2.75, 3.05) is 26.4 Å². The zero-order valence-corrected chi connectivity index (χ0v) is 27.2. The third kappa shape index (κ3) is 7.46. The van der Waals surface area contributed by atoms with Crippen molar-refractivity contribution in [1.29, 1.82) is 0 Å². The van der Waals surface area contributed by atoms with Crippen LogP contribution in [0.4, 0.5) is 0 Å². The van der Waals surface area contributed by atoms with Gasteiger partial charge in [0.2, 0.25) is 0 Å². The molecule has 0 spiro atoms. The van der Waals surface area contributed by atoms with E-state index < -0.39 is 9.28 Å². The average Bonchev–Trinajstić information content (AvgIpc) is 3.96. The van der Waals surface area contributed by atoms with Gasteiger partial charge in [-0.3, -0.25) is 0 Å². The normalized spacial score (nSPS) is 17.7. The highest BCUT2D eigenvalue weighted by atomic mass is 28.3. The number of hydrogen-bond acceptors (Lipinski definition) is 6. The van der Waals surface area contributed by atoms with Crippen LogP contribution in [0.3, 0.4) is 0 Å². The Bertz CT molecular complexity index is 1390. The number of epoxide rings is 2. The van der Waals surface area contributed by atoms with E-state index in [9.17, 15) is 0 Å². The smallest absolute Gasteiger partial charge is 0.510 e. The van der Waals surface area contributed by atoms with Crippen LogP contribution in [0, 0.1) is 0 Å². The zero-order valence-electron chi connectivity index (χ0n) is 26.2. The van der Waals surface area contributed by atoms with Gasteiger partial charge in [0.25, 0.3) is 0 Å². The minimum atomic E-state index is -1.56. The third-order valence-corrected chi connectivity index (χ3v) is 9.55. The van der Waals surface area contributed by atoms with E-state index in [1.165, 1.54) is 22.3 Å². The first-order valence-electron chi connectivity index (χ1n) is 15.3. The second kappa shape index (κ2) is 12.7. The maximum absolute atomic E-state index is 6.21. The summed E-state index contributed by atoms with van der Waals surface area (Å²) < 4.78 is 34.5. The van der Waals surface area contributed by atoms with Crippen LogP contribution >= 0.6 is 0 Å². The highest BCUT2D eigenvalue weighted by molar-refractivity contribution is 6.44. The number of benzene rings is 4. The molecular weight excluding hydrogens is 568 g/mol. The number of hydrogen-bond donors (Lipinski definition) is 0. The molecule has 44 heavy (non-hydrogen) atoms. The molecular formula is C37H41O6Si. The van der Waals surface area contributed by atoms with Crippen LogP contribution in [0.25, 0.3) is 0 Å². The molecule has 2 unspecified atom stereocenters. The molecule has 229 valence electrons. The fourth-order valence-electron chi connectivity index (χ4n) is 5.21. The van der Waals surface area contributed by atoms with Crippen molar-refractivity contribution in [3.63, 3.8) is 0 Å². The quantitative estimate of drug-likeness (QED) is 0.109. The lowest BCUT2D eigenvalue weighted by Gasteiger charge is -2.27. The van der Waals surface area contributed by atoms with E-state index in [1.807, 2.05) is 55.1 Å². The van der Waals surface area contributed by atoms with Crippen molar-refractivity contribution in [1.82, 2.24) is 0 Å². The molecule has 2 saturated heterocycles. The highest BCUT2D eigenvalue weighted by Gasteiger charge is 2.27. The molecule has 1 radical (unpaired) electrons. The van der Waals surface area contributed by atoms with Gasteiger partial charge >= 0.3 is 9.28 Å². The molecule has 7 heteroatoms. The van der Waals surface area contributed by atoms with E-state index in [-0.39, 0.29) is 23.0 Å². The molecule has 2 atom stereocenters. The molecule has 2 fully saturated rings. The third-order valence-electron chi connectivity index (χ3n) is 8.50. The molecule has 4 aromatic rings. The maximum Gasteiger partial charge on any atom is 0.528 e. The predicted molar refractivity (Wildman–Crippen MR) is 173 cm³/mol. The molecule has 0 aromatic heterocycles. The Balaban J connectivity index is 1.02. The van der Waals surface area contributed by atoms with Crippen LogP contribution in [0.2, 0.25) is 6.55 Å². The minimum Gasteiger partial charge on any atom is -0.510 e.